The van der Waals surface area contributed by atoms with Gasteiger partial charge >= 0.3 is 0 Å². The second kappa shape index (κ2) is 8.44. The molecule has 0 radical (unpaired) electrons. The van der Waals surface area contributed by atoms with E-state index in [1.54, 1.807) is 0 Å². The molecule has 2 unspecified atom stereocenters. The lowest BCUT2D eigenvalue weighted by molar-refractivity contribution is -0.173. The lowest BCUT2D eigenvalue weighted by atomic mass is 9.87. The number of morpholine rings is 1. The van der Waals surface area contributed by atoms with Crippen molar-refractivity contribution >= 4 is 27.5 Å². The van der Waals surface area contributed by atoms with Gasteiger partial charge in [-0.05, 0) is 48.7 Å². The van der Waals surface area contributed by atoms with E-state index in [4.69, 9.17) is 4.74 Å². The highest BCUT2D eigenvalue weighted by Gasteiger charge is 2.44. The van der Waals surface area contributed by atoms with E-state index < -0.39 is 5.54 Å². The molecule has 0 spiro atoms. The predicted molar refractivity (Wildman–Crippen MR) is 113 cm³/mol. The largest absolute Gasteiger partial charge is 0.388 e. The molecule has 1 saturated heterocycles. The van der Waals surface area contributed by atoms with Gasteiger partial charge in [-0.15, -0.1) is 0 Å². The number of nitrogens with zero attached hydrogens (tertiary/aromatic N) is 1. The summed E-state index contributed by atoms with van der Waals surface area (Å²) in [6.45, 7) is 5.24. The molecule has 1 aliphatic rings. The summed E-state index contributed by atoms with van der Waals surface area (Å²) in [6.07, 6.45) is 1.32. The molecule has 1 heterocycles. The number of nitrogens with one attached hydrogen (secondary N) is 1. The maximum atomic E-state index is 13.3. The van der Waals surface area contributed by atoms with Crippen molar-refractivity contribution in [3.05, 3.63) is 64.1 Å². The Bertz CT molecular complexity index is 793. The molecule has 0 aromatic heterocycles. The van der Waals surface area contributed by atoms with E-state index in [2.05, 4.69) is 59.4 Å². The molecule has 0 bridgehead atoms. The van der Waals surface area contributed by atoms with Crippen molar-refractivity contribution in [1.82, 2.24) is 4.90 Å². The summed E-state index contributed by atoms with van der Waals surface area (Å²) in [6, 6.07) is 16.4. The van der Waals surface area contributed by atoms with Crippen molar-refractivity contribution in [3.8, 4) is 0 Å². The van der Waals surface area contributed by atoms with Crippen LogP contribution in [-0.4, -0.2) is 30.6 Å². The van der Waals surface area contributed by atoms with Crippen LogP contribution in [-0.2, 0) is 21.6 Å². The summed E-state index contributed by atoms with van der Waals surface area (Å²) >= 11 is 3.56. The van der Waals surface area contributed by atoms with E-state index in [0.717, 1.165) is 34.1 Å². The molecule has 1 fully saturated rings. The summed E-state index contributed by atoms with van der Waals surface area (Å²) in [4.78, 5) is 15.3. The highest BCUT2D eigenvalue weighted by atomic mass is 79.9. The Morgan fingerprint density at radius 3 is 2.63 bits per heavy atom. The fourth-order valence-electron chi connectivity index (χ4n) is 3.57. The van der Waals surface area contributed by atoms with Crippen LogP contribution in [0.2, 0.25) is 0 Å². The van der Waals surface area contributed by atoms with Gasteiger partial charge in [0, 0.05) is 23.8 Å². The molecule has 4 nitrogen and oxygen atoms in total. The van der Waals surface area contributed by atoms with Crippen LogP contribution < -0.4 is 5.32 Å². The summed E-state index contributed by atoms with van der Waals surface area (Å²) in [5, 5.41) is 3.13. The molecule has 3 rings (SSSR count). The normalized spacial score (nSPS) is 22.7. The molecule has 0 aliphatic carbocycles. The number of rotatable bonds is 6. The molecule has 1 amide bonds. The summed E-state index contributed by atoms with van der Waals surface area (Å²) < 4.78 is 7.03. The zero-order valence-electron chi connectivity index (χ0n) is 16.2. The average molecular weight is 431 g/mol. The van der Waals surface area contributed by atoms with Crippen molar-refractivity contribution in [1.29, 1.82) is 0 Å². The maximum absolute atomic E-state index is 13.3. The average Bonchev–Trinajstić information content (AvgIpc) is 2.68. The molecule has 2 aromatic rings. The van der Waals surface area contributed by atoms with E-state index in [1.165, 1.54) is 0 Å². The molecule has 2 atom stereocenters. The third-order valence-corrected chi connectivity index (χ3v) is 5.78. The smallest absolute Gasteiger partial charge is 0.252 e. The fourth-order valence-corrected chi connectivity index (χ4v) is 3.97. The zero-order chi connectivity index (χ0) is 19.4. The first-order valence-corrected chi connectivity index (χ1v) is 10.2. The van der Waals surface area contributed by atoms with Crippen LogP contribution in [0.15, 0.2) is 53.0 Å². The minimum absolute atomic E-state index is 0.0725. The topological polar surface area (TPSA) is 41.6 Å². The molecule has 144 valence electrons. The highest BCUT2D eigenvalue weighted by molar-refractivity contribution is 9.10. The van der Waals surface area contributed by atoms with Gasteiger partial charge in [0.25, 0.3) is 5.91 Å². The Labute approximate surface area is 170 Å². The maximum Gasteiger partial charge on any atom is 0.252 e. The first-order valence-electron chi connectivity index (χ1n) is 9.43. The van der Waals surface area contributed by atoms with Crippen LogP contribution in [0.3, 0.4) is 0 Å². The number of amides is 1. The third-order valence-electron chi connectivity index (χ3n) is 5.28. The molecule has 0 saturated carbocycles. The van der Waals surface area contributed by atoms with Crippen LogP contribution >= 0.6 is 15.9 Å². The molecular formula is C22H27BrN2O2. The molecule has 1 N–H and O–H groups in total. The molecule has 1 aliphatic heterocycles. The Morgan fingerprint density at radius 1 is 1.26 bits per heavy atom. The number of ether oxygens (including phenoxy) is 1. The van der Waals surface area contributed by atoms with E-state index in [1.807, 2.05) is 36.2 Å². The number of halogens is 1. The fraction of sp³-hybridized carbons (Fsp3) is 0.409. The van der Waals surface area contributed by atoms with Crippen molar-refractivity contribution in [3.63, 3.8) is 0 Å². The van der Waals surface area contributed by atoms with Gasteiger partial charge in [-0.3, -0.25) is 4.79 Å². The van der Waals surface area contributed by atoms with Crippen LogP contribution in [0.25, 0.3) is 0 Å². The number of carbonyl (C=O) groups excluding carboxylic acids is 1. The number of anilines is 1. The van der Waals surface area contributed by atoms with Gasteiger partial charge in [0.2, 0.25) is 0 Å². The number of carbonyl (C=O) groups is 1. The van der Waals surface area contributed by atoms with Crippen LogP contribution in [0.5, 0.6) is 0 Å². The minimum atomic E-state index is -0.507. The van der Waals surface area contributed by atoms with Gasteiger partial charge in [-0.2, -0.15) is 0 Å². The van der Waals surface area contributed by atoms with Crippen molar-refractivity contribution in [2.24, 2.45) is 0 Å². The summed E-state index contributed by atoms with van der Waals surface area (Å²) in [5.74, 6) is 0.0725. The Hall–Kier alpha value is -1.85. The van der Waals surface area contributed by atoms with E-state index >= 15 is 0 Å². The van der Waals surface area contributed by atoms with Crippen molar-refractivity contribution in [2.75, 3.05) is 19.0 Å². The number of benzene rings is 2. The lowest BCUT2D eigenvalue weighted by Gasteiger charge is -2.47. The number of hydrogen-bond acceptors (Lipinski definition) is 3. The second-order valence-electron chi connectivity index (χ2n) is 7.24. The SMILES string of the molecule is CCCC1OCC(C)(c2cccc(Br)c2)N(Cc2ccc(NC)cc2)C1=O. The minimum Gasteiger partial charge on any atom is -0.388 e. The van der Waals surface area contributed by atoms with Gasteiger partial charge in [0.15, 0.2) is 0 Å². The Morgan fingerprint density at radius 2 is 2.00 bits per heavy atom. The quantitative estimate of drug-likeness (QED) is 0.705. The highest BCUT2D eigenvalue weighted by Crippen LogP contribution is 2.36. The van der Waals surface area contributed by atoms with Crippen molar-refractivity contribution in [2.45, 2.75) is 44.9 Å². The zero-order valence-corrected chi connectivity index (χ0v) is 17.8. The molecule has 27 heavy (non-hydrogen) atoms. The van der Waals surface area contributed by atoms with Gasteiger partial charge < -0.3 is 15.0 Å². The Kier molecular flexibility index (Phi) is 6.22. The summed E-state index contributed by atoms with van der Waals surface area (Å²) in [5.41, 5.74) is 2.74. The molecule has 5 heteroatoms. The first-order chi connectivity index (χ1) is 13.0. The van der Waals surface area contributed by atoms with E-state index in [9.17, 15) is 4.79 Å². The first kappa shape index (κ1) is 19.9. The van der Waals surface area contributed by atoms with E-state index in [0.29, 0.717) is 13.2 Å². The second-order valence-corrected chi connectivity index (χ2v) is 8.16. The van der Waals surface area contributed by atoms with Crippen LogP contribution in [0.4, 0.5) is 5.69 Å². The van der Waals surface area contributed by atoms with Crippen molar-refractivity contribution < 1.29 is 9.53 Å². The van der Waals surface area contributed by atoms with Crippen LogP contribution in [0, 0.1) is 0 Å². The third kappa shape index (κ3) is 4.19. The molecular weight excluding hydrogens is 404 g/mol. The van der Waals surface area contributed by atoms with Crippen LogP contribution in [0.1, 0.15) is 37.8 Å². The monoisotopic (exact) mass is 430 g/mol. The van der Waals surface area contributed by atoms with E-state index in [-0.39, 0.29) is 12.0 Å². The van der Waals surface area contributed by atoms with Gasteiger partial charge in [-0.25, -0.2) is 0 Å². The van der Waals surface area contributed by atoms with Gasteiger partial charge in [0.1, 0.15) is 6.10 Å². The lowest BCUT2D eigenvalue weighted by Crippen LogP contribution is -2.58. The standard InChI is InChI=1S/C22H27BrN2O2/c1-4-6-20-21(26)25(14-16-9-11-19(24-3)12-10-16)22(2,15-27-20)17-7-5-8-18(23)13-17/h5,7-13,20,24H,4,6,14-15H2,1-3H3. The Balaban J connectivity index is 1.96. The van der Waals surface area contributed by atoms with Gasteiger partial charge in [0.05, 0.1) is 12.1 Å². The number of hydrogen-bond donors (Lipinski definition) is 1. The molecule has 2 aromatic carbocycles. The predicted octanol–water partition coefficient (Wildman–Crippen LogP) is 4.93. The summed E-state index contributed by atoms with van der Waals surface area (Å²) in [7, 11) is 1.90. The van der Waals surface area contributed by atoms with Gasteiger partial charge in [-0.1, -0.05) is 53.5 Å².